The van der Waals surface area contributed by atoms with Gasteiger partial charge in [-0.1, -0.05) is 72.8 Å². The normalized spacial score (nSPS) is 14.6. The van der Waals surface area contributed by atoms with Crippen LogP contribution in [0, 0.1) is 0 Å². The average molecular weight is 457 g/mol. The summed E-state index contributed by atoms with van der Waals surface area (Å²) in [6, 6.07) is 25.2. The Balaban J connectivity index is 1.47. The van der Waals surface area contributed by atoms with Gasteiger partial charge in [0.15, 0.2) is 0 Å². The fourth-order valence-electron chi connectivity index (χ4n) is 4.50. The molecule has 1 aliphatic rings. The zero-order chi connectivity index (χ0) is 23.8. The molecule has 2 aromatic heterocycles. The Bertz CT molecular complexity index is 1590. The van der Waals surface area contributed by atoms with Gasteiger partial charge in [0.2, 0.25) is 0 Å². The SMILES string of the molecule is O=C1C(c2c[nH]c3ccccc23)=C(c2c[nH]c3ccccc23)C(=O)N1/N=C/C=C/c1ccccc1. The Morgan fingerprint density at radius 1 is 0.657 bits per heavy atom. The van der Waals surface area contributed by atoms with E-state index in [0.29, 0.717) is 22.3 Å². The highest BCUT2D eigenvalue weighted by atomic mass is 16.2. The van der Waals surface area contributed by atoms with Crippen molar-refractivity contribution in [1.82, 2.24) is 15.0 Å². The highest BCUT2D eigenvalue weighted by Gasteiger charge is 2.41. The van der Waals surface area contributed by atoms with E-state index in [-0.39, 0.29) is 0 Å². The molecule has 3 aromatic carbocycles. The predicted octanol–water partition coefficient (Wildman–Crippen LogP) is 5.63. The number of H-pyrrole nitrogens is 2. The van der Waals surface area contributed by atoms with Gasteiger partial charge in [-0.15, -0.1) is 0 Å². The number of nitrogens with one attached hydrogen (secondary N) is 2. The van der Waals surface area contributed by atoms with Gasteiger partial charge in [0.25, 0.3) is 11.8 Å². The van der Waals surface area contributed by atoms with Crippen LogP contribution >= 0.6 is 0 Å². The van der Waals surface area contributed by atoms with Crippen LogP contribution in [0.2, 0.25) is 0 Å². The maximum atomic E-state index is 13.6. The van der Waals surface area contributed by atoms with E-state index < -0.39 is 11.8 Å². The van der Waals surface area contributed by atoms with Crippen LogP contribution in [-0.2, 0) is 9.59 Å². The van der Waals surface area contributed by atoms with Gasteiger partial charge in [-0.3, -0.25) is 9.59 Å². The molecule has 5 aromatic rings. The number of para-hydroxylation sites is 2. The molecular formula is C29H20N4O2. The van der Waals surface area contributed by atoms with E-state index >= 15 is 0 Å². The Morgan fingerprint density at radius 3 is 1.74 bits per heavy atom. The van der Waals surface area contributed by atoms with Crippen LogP contribution in [0.25, 0.3) is 39.0 Å². The fourth-order valence-corrected chi connectivity index (χ4v) is 4.50. The minimum Gasteiger partial charge on any atom is -0.361 e. The number of rotatable bonds is 5. The molecule has 6 rings (SSSR count). The van der Waals surface area contributed by atoms with Crippen molar-refractivity contribution in [2.45, 2.75) is 0 Å². The monoisotopic (exact) mass is 456 g/mol. The van der Waals surface area contributed by atoms with Crippen LogP contribution in [0.4, 0.5) is 0 Å². The largest absolute Gasteiger partial charge is 0.361 e. The van der Waals surface area contributed by atoms with Gasteiger partial charge in [0.1, 0.15) is 0 Å². The summed E-state index contributed by atoms with van der Waals surface area (Å²) in [5, 5.41) is 6.93. The summed E-state index contributed by atoms with van der Waals surface area (Å²) in [5.74, 6) is -0.909. The number of nitrogens with zero attached hydrogens (tertiary/aromatic N) is 2. The van der Waals surface area contributed by atoms with E-state index in [4.69, 9.17) is 0 Å². The number of benzene rings is 3. The lowest BCUT2D eigenvalue weighted by Gasteiger charge is -2.07. The molecule has 6 heteroatoms. The molecule has 168 valence electrons. The topological polar surface area (TPSA) is 81.3 Å². The van der Waals surface area contributed by atoms with Gasteiger partial charge in [-0.05, 0) is 23.8 Å². The first-order valence-corrected chi connectivity index (χ1v) is 11.2. The van der Waals surface area contributed by atoms with Crippen LogP contribution in [0.3, 0.4) is 0 Å². The maximum absolute atomic E-state index is 13.6. The molecule has 35 heavy (non-hydrogen) atoms. The highest BCUT2D eigenvalue weighted by molar-refractivity contribution is 6.50. The van der Waals surface area contributed by atoms with E-state index in [1.807, 2.05) is 84.9 Å². The summed E-state index contributed by atoms with van der Waals surface area (Å²) in [6.45, 7) is 0. The molecule has 2 amide bonds. The van der Waals surface area contributed by atoms with Crippen molar-refractivity contribution in [2.75, 3.05) is 0 Å². The highest BCUT2D eigenvalue weighted by Crippen LogP contribution is 2.40. The molecule has 1 aliphatic heterocycles. The number of fused-ring (bicyclic) bond motifs is 2. The van der Waals surface area contributed by atoms with Crippen molar-refractivity contribution >= 4 is 57.1 Å². The number of imide groups is 1. The summed E-state index contributed by atoms with van der Waals surface area (Å²) in [7, 11) is 0. The number of allylic oxidation sites excluding steroid dienone is 1. The second-order valence-corrected chi connectivity index (χ2v) is 8.20. The molecule has 0 saturated heterocycles. The summed E-state index contributed by atoms with van der Waals surface area (Å²) in [6.07, 6.45) is 8.60. The smallest absolute Gasteiger partial charge is 0.283 e. The van der Waals surface area contributed by atoms with Crippen LogP contribution < -0.4 is 0 Å². The average Bonchev–Trinajstić information content (AvgIpc) is 3.57. The zero-order valence-corrected chi connectivity index (χ0v) is 18.6. The number of hydrogen-bond acceptors (Lipinski definition) is 3. The Hall–Kier alpha value is -4.97. The molecule has 6 nitrogen and oxygen atoms in total. The molecule has 0 spiro atoms. The van der Waals surface area contributed by atoms with Crippen molar-refractivity contribution in [3.63, 3.8) is 0 Å². The lowest BCUT2D eigenvalue weighted by Crippen LogP contribution is -2.26. The molecule has 3 heterocycles. The number of aromatic nitrogens is 2. The summed E-state index contributed by atoms with van der Waals surface area (Å²) in [4.78, 5) is 33.7. The Morgan fingerprint density at radius 2 is 1.17 bits per heavy atom. The van der Waals surface area contributed by atoms with Gasteiger partial charge in [0.05, 0.1) is 11.1 Å². The van der Waals surface area contributed by atoms with Gasteiger partial charge in [0, 0.05) is 51.5 Å². The second kappa shape index (κ2) is 8.43. The van der Waals surface area contributed by atoms with Crippen molar-refractivity contribution in [2.24, 2.45) is 5.10 Å². The number of amides is 2. The zero-order valence-electron chi connectivity index (χ0n) is 18.6. The molecule has 0 aliphatic carbocycles. The number of aromatic amines is 2. The third-order valence-corrected chi connectivity index (χ3v) is 6.14. The molecular weight excluding hydrogens is 436 g/mol. The van der Waals surface area contributed by atoms with Crippen LogP contribution in [0.5, 0.6) is 0 Å². The fraction of sp³-hybridized carbons (Fsp3) is 0. The number of hydrazone groups is 1. The van der Waals surface area contributed by atoms with Crippen LogP contribution in [0.15, 0.2) is 102 Å². The predicted molar refractivity (Wildman–Crippen MR) is 139 cm³/mol. The minimum absolute atomic E-state index is 0.335. The second-order valence-electron chi connectivity index (χ2n) is 8.20. The molecule has 0 unspecified atom stereocenters. The van der Waals surface area contributed by atoms with Gasteiger partial charge in [-0.25, -0.2) is 0 Å². The first kappa shape index (κ1) is 20.6. The number of hydrogen-bond donors (Lipinski definition) is 2. The molecule has 0 bridgehead atoms. The van der Waals surface area contributed by atoms with E-state index in [9.17, 15) is 9.59 Å². The third-order valence-electron chi connectivity index (χ3n) is 6.14. The first-order valence-electron chi connectivity index (χ1n) is 11.2. The van der Waals surface area contributed by atoms with Crippen molar-refractivity contribution in [3.8, 4) is 0 Å². The van der Waals surface area contributed by atoms with E-state index in [1.54, 1.807) is 18.5 Å². The van der Waals surface area contributed by atoms with Crippen molar-refractivity contribution in [1.29, 1.82) is 0 Å². The summed E-state index contributed by atoms with van der Waals surface area (Å²) in [5.41, 5.74) is 4.80. The number of carbonyl (C=O) groups is 2. The lowest BCUT2D eigenvalue weighted by atomic mass is 9.95. The molecule has 0 atom stereocenters. The van der Waals surface area contributed by atoms with Crippen LogP contribution in [-0.4, -0.2) is 33.0 Å². The quantitative estimate of drug-likeness (QED) is 0.266. The Kier molecular flexibility index (Phi) is 4.96. The molecule has 0 fully saturated rings. The van der Waals surface area contributed by atoms with Crippen molar-refractivity contribution in [3.05, 3.63) is 114 Å². The van der Waals surface area contributed by atoms with Crippen molar-refractivity contribution < 1.29 is 9.59 Å². The van der Waals surface area contributed by atoms with E-state index in [1.165, 1.54) is 6.21 Å². The third kappa shape index (κ3) is 3.48. The standard InChI is InChI=1S/C29H20N4O2/c34-28-26(22-17-30-24-14-6-4-12-20(22)24)27(23-18-31-25-15-7-5-13-21(23)25)29(35)33(28)32-16-8-11-19-9-2-1-3-10-19/h1-18,30-31H/b11-8+,32-16+. The summed E-state index contributed by atoms with van der Waals surface area (Å²) < 4.78 is 0. The van der Waals surface area contributed by atoms with E-state index in [0.717, 1.165) is 32.4 Å². The minimum atomic E-state index is -0.454. The first-order chi connectivity index (χ1) is 17.2. The molecule has 2 N–H and O–H groups in total. The van der Waals surface area contributed by atoms with Crippen LogP contribution in [0.1, 0.15) is 16.7 Å². The van der Waals surface area contributed by atoms with E-state index in [2.05, 4.69) is 15.1 Å². The maximum Gasteiger partial charge on any atom is 0.283 e. The van der Waals surface area contributed by atoms with Gasteiger partial charge >= 0.3 is 0 Å². The number of carbonyl (C=O) groups excluding carboxylic acids is 2. The molecule has 0 saturated carbocycles. The molecule has 0 radical (unpaired) electrons. The lowest BCUT2D eigenvalue weighted by molar-refractivity contribution is -0.135. The summed E-state index contributed by atoms with van der Waals surface area (Å²) >= 11 is 0. The Labute approximate surface area is 200 Å². The van der Waals surface area contributed by atoms with Gasteiger partial charge < -0.3 is 9.97 Å². The van der Waals surface area contributed by atoms with Gasteiger partial charge in [-0.2, -0.15) is 10.1 Å².